The number of alkyl halides is 6. The van der Waals surface area contributed by atoms with E-state index in [1.807, 2.05) is 0 Å². The molecule has 1 saturated carbocycles. The molecule has 0 atom stereocenters. The number of amides is 2. The Kier molecular flexibility index (Phi) is 10.8. The maximum absolute atomic E-state index is 13.7. The maximum Gasteiger partial charge on any atom is 0.391 e. The van der Waals surface area contributed by atoms with Crippen LogP contribution in [0.2, 0.25) is 10.0 Å². The molecule has 274 valence electrons. The van der Waals surface area contributed by atoms with Crippen LogP contribution < -0.4 is 20.9 Å². The number of carbonyl (C=O) groups excluding carboxylic acids is 2. The number of hydrogen-bond acceptors (Lipinski definition) is 5. The van der Waals surface area contributed by atoms with Crippen LogP contribution in [0.15, 0.2) is 24.3 Å². The molecule has 0 unspecified atom stereocenters. The molecule has 16 heteroatoms. The number of anilines is 3. The predicted molar refractivity (Wildman–Crippen MR) is 182 cm³/mol. The van der Waals surface area contributed by atoms with Crippen LogP contribution in [0.4, 0.5) is 43.7 Å². The number of aromatic nitrogens is 2. The number of halogens is 8. The molecule has 2 amide bonds. The monoisotopic (exact) mass is 748 g/mol. The minimum Gasteiger partial charge on any atom is -0.371 e. The van der Waals surface area contributed by atoms with Crippen LogP contribution in [0.3, 0.4) is 0 Å². The number of fused-ring (bicyclic) bond motifs is 1. The van der Waals surface area contributed by atoms with E-state index < -0.39 is 41.6 Å². The molecule has 1 aliphatic heterocycles. The van der Waals surface area contributed by atoms with Gasteiger partial charge in [0.25, 0.3) is 5.91 Å². The topological polar surface area (TPSA) is 91.3 Å². The molecule has 1 aromatic heterocycles. The van der Waals surface area contributed by atoms with Crippen LogP contribution in [0.1, 0.15) is 75.2 Å². The molecule has 2 aliphatic rings. The Balaban J connectivity index is 1.45. The van der Waals surface area contributed by atoms with E-state index in [1.165, 1.54) is 0 Å². The average Bonchev–Trinajstić information content (AvgIpc) is 3.34. The van der Waals surface area contributed by atoms with Crippen LogP contribution in [-0.4, -0.2) is 52.8 Å². The quantitative estimate of drug-likeness (QED) is 0.210. The van der Waals surface area contributed by atoms with Crippen LogP contribution in [0.5, 0.6) is 0 Å². The van der Waals surface area contributed by atoms with E-state index in [1.54, 1.807) is 61.6 Å². The summed E-state index contributed by atoms with van der Waals surface area (Å²) in [6.45, 7) is 5.63. The summed E-state index contributed by atoms with van der Waals surface area (Å²) in [6.07, 6.45) is -8.81. The number of imidazole rings is 1. The van der Waals surface area contributed by atoms with Gasteiger partial charge in [0.1, 0.15) is 0 Å². The number of nitrogens with one attached hydrogen (secondary N) is 3. The molecular weight excluding hydrogens is 709 g/mol. The first kappa shape index (κ1) is 37.9. The van der Waals surface area contributed by atoms with E-state index in [0.717, 1.165) is 0 Å². The van der Waals surface area contributed by atoms with Crippen molar-refractivity contribution in [2.24, 2.45) is 24.3 Å². The van der Waals surface area contributed by atoms with E-state index in [-0.39, 0.29) is 79.7 Å². The number of rotatable bonds is 7. The van der Waals surface area contributed by atoms with Crippen molar-refractivity contribution < 1.29 is 35.9 Å². The van der Waals surface area contributed by atoms with Crippen LogP contribution >= 0.6 is 23.2 Å². The zero-order valence-corrected chi connectivity index (χ0v) is 29.6. The van der Waals surface area contributed by atoms with Gasteiger partial charge in [-0.3, -0.25) is 9.59 Å². The Labute approximate surface area is 296 Å². The lowest BCUT2D eigenvalue weighted by Gasteiger charge is -2.35. The highest BCUT2D eigenvalue weighted by molar-refractivity contribution is 6.39. The Hall–Kier alpha value is -3.39. The lowest BCUT2D eigenvalue weighted by atomic mass is 9.85. The number of aryl methyl sites for hydroxylation is 1. The summed E-state index contributed by atoms with van der Waals surface area (Å²) >= 11 is 13.3. The van der Waals surface area contributed by atoms with Crippen LogP contribution in [0.25, 0.3) is 11.0 Å². The fraction of sp³-hybridized carbons (Fsp3) is 0.559. The molecule has 8 nitrogen and oxygen atoms in total. The van der Waals surface area contributed by atoms with Gasteiger partial charge in [0.2, 0.25) is 11.9 Å². The Morgan fingerprint density at radius 1 is 0.900 bits per heavy atom. The Morgan fingerprint density at radius 3 is 2.08 bits per heavy atom. The number of nitrogens with zero attached hydrogens (tertiary/aromatic N) is 3. The Bertz CT molecular complexity index is 1740. The highest BCUT2D eigenvalue weighted by Crippen LogP contribution is 2.40. The lowest BCUT2D eigenvalue weighted by Crippen LogP contribution is -2.42. The van der Waals surface area contributed by atoms with Gasteiger partial charge in [0, 0.05) is 38.1 Å². The largest absolute Gasteiger partial charge is 0.391 e. The van der Waals surface area contributed by atoms with Crippen molar-refractivity contribution in [3.8, 4) is 0 Å². The number of carbonyl (C=O) groups is 2. The van der Waals surface area contributed by atoms with Crippen molar-refractivity contribution in [1.29, 1.82) is 0 Å². The van der Waals surface area contributed by atoms with Gasteiger partial charge in [-0.15, -0.1) is 0 Å². The first-order chi connectivity index (χ1) is 23.2. The summed E-state index contributed by atoms with van der Waals surface area (Å²) in [6, 6.07) is 6.08. The first-order valence-electron chi connectivity index (χ1n) is 16.5. The highest BCUT2D eigenvalue weighted by Gasteiger charge is 2.43. The second kappa shape index (κ2) is 14.3. The van der Waals surface area contributed by atoms with Crippen molar-refractivity contribution in [3.63, 3.8) is 0 Å². The van der Waals surface area contributed by atoms with E-state index in [4.69, 9.17) is 23.2 Å². The van der Waals surface area contributed by atoms with Crippen molar-refractivity contribution in [1.82, 2.24) is 20.2 Å². The zero-order valence-electron chi connectivity index (χ0n) is 28.1. The smallest absolute Gasteiger partial charge is 0.371 e. The summed E-state index contributed by atoms with van der Waals surface area (Å²) in [7, 11) is 1.71. The predicted octanol–water partition coefficient (Wildman–Crippen LogP) is 8.92. The molecule has 2 aromatic carbocycles. The van der Waals surface area contributed by atoms with Gasteiger partial charge in [-0.25, -0.2) is 4.98 Å². The zero-order chi connectivity index (χ0) is 36.8. The van der Waals surface area contributed by atoms with Gasteiger partial charge in [0.05, 0.1) is 49.9 Å². The Morgan fingerprint density at radius 2 is 1.50 bits per heavy atom. The molecular formula is C34H40Cl2F6N6O2. The summed E-state index contributed by atoms with van der Waals surface area (Å²) < 4.78 is 81.8. The maximum atomic E-state index is 13.7. The third-order valence-corrected chi connectivity index (χ3v) is 10.3. The van der Waals surface area contributed by atoms with E-state index in [2.05, 4.69) is 20.9 Å². The average molecular weight is 750 g/mol. The molecule has 0 radical (unpaired) electrons. The molecule has 1 saturated heterocycles. The van der Waals surface area contributed by atoms with E-state index in [0.29, 0.717) is 33.9 Å². The standard InChI is InChI=1S/C34H40Cl2F6N6O2/c1-32(2,3)30(50)43-17-18-5-10-23(35)28(27(18)36)46-31-45-24-15-22(29(49)44-21-8-6-19(7-9-21)33(37,38)39)25(16-26(24)47(31)4)48-13-11-20(12-14-48)34(40,41)42/h5,10,15-16,19-21H,6-9,11-14,17H2,1-4H3,(H,43,50)(H,44,49)(H,45,46)/t19-,21+. The lowest BCUT2D eigenvalue weighted by molar-refractivity contribution is -0.182. The molecule has 5 rings (SSSR count). The third-order valence-electron chi connectivity index (χ3n) is 9.60. The first-order valence-corrected chi connectivity index (χ1v) is 17.2. The number of benzene rings is 2. The summed E-state index contributed by atoms with van der Waals surface area (Å²) in [5, 5.41) is 9.41. The SMILES string of the molecule is Cn1c(Nc2c(Cl)ccc(CNC(=O)C(C)(C)C)c2Cl)nc2cc(C(=O)N[C@H]3CC[C@@H](C(F)(F)F)CC3)c(N3CCC(C(F)(F)F)CC3)cc21. The molecule has 0 spiro atoms. The van der Waals surface area contributed by atoms with E-state index in [9.17, 15) is 35.9 Å². The van der Waals surface area contributed by atoms with Gasteiger partial charge in [-0.2, -0.15) is 26.3 Å². The van der Waals surface area contributed by atoms with Gasteiger partial charge in [0.15, 0.2) is 0 Å². The van der Waals surface area contributed by atoms with Gasteiger partial charge >= 0.3 is 12.4 Å². The van der Waals surface area contributed by atoms with Crippen molar-refractivity contribution >= 4 is 63.4 Å². The van der Waals surface area contributed by atoms with Crippen LogP contribution in [-0.2, 0) is 18.4 Å². The van der Waals surface area contributed by atoms with Crippen molar-refractivity contribution in [3.05, 3.63) is 45.4 Å². The summed E-state index contributed by atoms with van der Waals surface area (Å²) in [5.74, 6) is -3.28. The number of piperidine rings is 1. The second-order valence-electron chi connectivity index (χ2n) is 14.2. The van der Waals surface area contributed by atoms with Gasteiger partial charge < -0.3 is 25.4 Å². The molecule has 3 N–H and O–H groups in total. The van der Waals surface area contributed by atoms with Gasteiger partial charge in [-0.05, 0) is 62.3 Å². The second-order valence-corrected chi connectivity index (χ2v) is 15.0. The minimum absolute atomic E-state index is 0.0549. The fourth-order valence-corrected chi connectivity index (χ4v) is 6.99. The summed E-state index contributed by atoms with van der Waals surface area (Å²) in [5.41, 5.74) is 1.83. The molecule has 3 aromatic rings. The fourth-order valence-electron chi connectivity index (χ4n) is 6.46. The number of hydrogen-bond donors (Lipinski definition) is 3. The normalized spacial score (nSPS) is 19.5. The van der Waals surface area contributed by atoms with Crippen molar-refractivity contribution in [2.45, 2.75) is 84.2 Å². The minimum atomic E-state index is -4.33. The third kappa shape index (κ3) is 8.38. The molecule has 50 heavy (non-hydrogen) atoms. The molecule has 2 fully saturated rings. The van der Waals surface area contributed by atoms with E-state index >= 15 is 0 Å². The summed E-state index contributed by atoms with van der Waals surface area (Å²) in [4.78, 5) is 32.6. The molecule has 1 aliphatic carbocycles. The molecule has 0 bridgehead atoms. The van der Waals surface area contributed by atoms with Crippen LogP contribution in [0, 0.1) is 17.3 Å². The van der Waals surface area contributed by atoms with Crippen molar-refractivity contribution in [2.75, 3.05) is 23.3 Å². The highest BCUT2D eigenvalue weighted by atomic mass is 35.5. The molecule has 2 heterocycles. The van der Waals surface area contributed by atoms with Gasteiger partial charge in [-0.1, -0.05) is 50.0 Å².